The van der Waals surface area contributed by atoms with Gasteiger partial charge in [0, 0.05) is 4.47 Å². The highest BCUT2D eigenvalue weighted by Gasteiger charge is 2.13. The Morgan fingerprint density at radius 3 is 2.35 bits per heavy atom. The molecule has 1 N–H and O–H groups in total. The number of halogens is 2. The highest BCUT2D eigenvalue weighted by atomic mass is 79.9. The topological polar surface area (TPSA) is 46.5 Å². The van der Waals surface area contributed by atoms with E-state index >= 15 is 0 Å². The second kappa shape index (κ2) is 6.41. The van der Waals surface area contributed by atoms with E-state index in [0.29, 0.717) is 11.5 Å². The predicted molar refractivity (Wildman–Crippen MR) is 84.4 cm³/mol. The quantitative estimate of drug-likeness (QED) is 0.769. The van der Waals surface area contributed by atoms with Crippen molar-refractivity contribution in [2.75, 3.05) is 0 Å². The fraction of sp³-hybridized carbons (Fsp3) is 0.133. The fourth-order valence-electron chi connectivity index (χ4n) is 1.65. The summed E-state index contributed by atoms with van der Waals surface area (Å²) in [5, 5.41) is 8.96. The summed E-state index contributed by atoms with van der Waals surface area (Å²) in [6.07, 6.45) is 0. The van der Waals surface area contributed by atoms with Crippen molar-refractivity contribution in [1.82, 2.24) is 0 Å². The lowest BCUT2D eigenvalue weighted by Crippen LogP contribution is -2.06. The van der Waals surface area contributed by atoms with Crippen LogP contribution in [0.25, 0.3) is 0 Å². The predicted octanol–water partition coefficient (Wildman–Crippen LogP) is 5.19. The van der Waals surface area contributed by atoms with Crippen molar-refractivity contribution < 1.29 is 14.6 Å². The van der Waals surface area contributed by atoms with E-state index in [9.17, 15) is 4.79 Å². The van der Waals surface area contributed by atoms with Crippen LogP contribution in [0.4, 0.5) is 0 Å². The molecule has 20 heavy (non-hydrogen) atoms. The standard InChI is InChI=1S/C15H12Br2O3/c1-9(15(18)19)10-2-5-12(6-3-10)20-14-7-4-11(16)8-13(14)17/h2-9H,1H3,(H,18,19). The third-order valence-electron chi connectivity index (χ3n) is 2.87. The molecule has 2 aromatic carbocycles. The van der Waals surface area contributed by atoms with Gasteiger partial charge in [-0.05, 0) is 58.7 Å². The number of carboxylic acid groups (broad SMARTS) is 1. The molecule has 0 fully saturated rings. The van der Waals surface area contributed by atoms with Crippen LogP contribution in [0.5, 0.6) is 11.5 Å². The number of aliphatic carboxylic acids is 1. The highest BCUT2D eigenvalue weighted by molar-refractivity contribution is 9.11. The van der Waals surface area contributed by atoms with Crippen molar-refractivity contribution in [2.24, 2.45) is 0 Å². The molecule has 0 aromatic heterocycles. The van der Waals surface area contributed by atoms with Crippen molar-refractivity contribution in [3.05, 3.63) is 57.0 Å². The number of hydrogen-bond acceptors (Lipinski definition) is 2. The van der Waals surface area contributed by atoms with E-state index in [1.807, 2.05) is 18.2 Å². The average molecular weight is 400 g/mol. The maximum atomic E-state index is 10.9. The molecule has 1 atom stereocenters. The molecule has 0 amide bonds. The normalized spacial score (nSPS) is 11.9. The minimum absolute atomic E-state index is 0.525. The molecule has 0 spiro atoms. The van der Waals surface area contributed by atoms with Gasteiger partial charge in [0.05, 0.1) is 10.4 Å². The van der Waals surface area contributed by atoms with Crippen LogP contribution in [-0.2, 0) is 4.79 Å². The zero-order valence-electron chi connectivity index (χ0n) is 10.6. The first-order valence-corrected chi connectivity index (χ1v) is 7.51. The highest BCUT2D eigenvalue weighted by Crippen LogP contribution is 2.32. The molecule has 2 aromatic rings. The van der Waals surface area contributed by atoms with Crippen LogP contribution in [0.1, 0.15) is 18.4 Å². The van der Waals surface area contributed by atoms with Crippen LogP contribution >= 0.6 is 31.9 Å². The summed E-state index contributed by atoms with van der Waals surface area (Å²) in [6.45, 7) is 1.66. The number of rotatable bonds is 4. The van der Waals surface area contributed by atoms with Crippen molar-refractivity contribution in [3.63, 3.8) is 0 Å². The summed E-state index contributed by atoms with van der Waals surface area (Å²) in [5.41, 5.74) is 0.750. The number of hydrogen-bond donors (Lipinski definition) is 1. The van der Waals surface area contributed by atoms with Gasteiger partial charge in [-0.3, -0.25) is 4.79 Å². The van der Waals surface area contributed by atoms with Gasteiger partial charge in [0.15, 0.2) is 0 Å². The molecule has 0 aliphatic carbocycles. The Kier molecular flexibility index (Phi) is 4.83. The Hall–Kier alpha value is -1.33. The van der Waals surface area contributed by atoms with Crippen molar-refractivity contribution >= 4 is 37.8 Å². The molecule has 0 bridgehead atoms. The lowest BCUT2D eigenvalue weighted by molar-refractivity contribution is -0.138. The molecule has 104 valence electrons. The smallest absolute Gasteiger partial charge is 0.310 e. The molecule has 3 nitrogen and oxygen atoms in total. The molecule has 0 heterocycles. The molecule has 2 rings (SSSR count). The van der Waals surface area contributed by atoms with Crippen LogP contribution < -0.4 is 4.74 Å². The van der Waals surface area contributed by atoms with Crippen LogP contribution in [0.3, 0.4) is 0 Å². The average Bonchev–Trinajstić information content (AvgIpc) is 2.42. The van der Waals surface area contributed by atoms with E-state index in [4.69, 9.17) is 9.84 Å². The minimum Gasteiger partial charge on any atom is -0.481 e. The Morgan fingerprint density at radius 2 is 1.80 bits per heavy atom. The zero-order valence-corrected chi connectivity index (χ0v) is 13.8. The Balaban J connectivity index is 2.16. The van der Waals surface area contributed by atoms with Crippen LogP contribution in [0, 0.1) is 0 Å². The van der Waals surface area contributed by atoms with Crippen molar-refractivity contribution in [1.29, 1.82) is 0 Å². The van der Waals surface area contributed by atoms with Gasteiger partial charge >= 0.3 is 5.97 Å². The van der Waals surface area contributed by atoms with Gasteiger partial charge in [0.1, 0.15) is 11.5 Å². The van der Waals surface area contributed by atoms with Gasteiger partial charge in [0.2, 0.25) is 0 Å². The first kappa shape index (κ1) is 15.1. The summed E-state index contributed by atoms with van der Waals surface area (Å²) in [4.78, 5) is 10.9. The Bertz CT molecular complexity index is 624. The van der Waals surface area contributed by atoms with E-state index in [-0.39, 0.29) is 0 Å². The largest absolute Gasteiger partial charge is 0.481 e. The van der Waals surface area contributed by atoms with Crippen molar-refractivity contribution in [3.8, 4) is 11.5 Å². The van der Waals surface area contributed by atoms with Crippen LogP contribution in [0.2, 0.25) is 0 Å². The van der Waals surface area contributed by atoms with E-state index in [2.05, 4.69) is 31.9 Å². The fourth-order valence-corrected chi connectivity index (χ4v) is 2.78. The molecule has 0 aliphatic heterocycles. The lowest BCUT2D eigenvalue weighted by atomic mass is 10.0. The second-order valence-electron chi connectivity index (χ2n) is 4.31. The third kappa shape index (κ3) is 3.61. The molecule has 0 saturated carbocycles. The van der Waals surface area contributed by atoms with Crippen LogP contribution in [-0.4, -0.2) is 11.1 Å². The van der Waals surface area contributed by atoms with Gasteiger partial charge in [-0.15, -0.1) is 0 Å². The molecule has 0 saturated heterocycles. The van der Waals surface area contributed by atoms with Gasteiger partial charge in [-0.1, -0.05) is 28.1 Å². The summed E-state index contributed by atoms with van der Waals surface area (Å²) in [7, 11) is 0. The molecule has 1 unspecified atom stereocenters. The van der Waals surface area contributed by atoms with Crippen molar-refractivity contribution in [2.45, 2.75) is 12.8 Å². The lowest BCUT2D eigenvalue weighted by Gasteiger charge is -2.10. The van der Waals surface area contributed by atoms with Gasteiger partial charge < -0.3 is 9.84 Å². The molecule has 0 radical (unpaired) electrons. The first-order chi connectivity index (χ1) is 9.47. The van der Waals surface area contributed by atoms with E-state index in [1.54, 1.807) is 31.2 Å². The van der Waals surface area contributed by atoms with Gasteiger partial charge in [-0.2, -0.15) is 0 Å². The van der Waals surface area contributed by atoms with E-state index in [0.717, 1.165) is 14.5 Å². The van der Waals surface area contributed by atoms with Gasteiger partial charge in [0.25, 0.3) is 0 Å². The molecule has 0 aliphatic rings. The molecule has 5 heteroatoms. The molecular formula is C15H12Br2O3. The maximum absolute atomic E-state index is 10.9. The van der Waals surface area contributed by atoms with E-state index in [1.165, 1.54) is 0 Å². The summed E-state index contributed by atoms with van der Waals surface area (Å²) in [5.74, 6) is -0.000571. The first-order valence-electron chi connectivity index (χ1n) is 5.93. The Labute approximate surface area is 133 Å². The zero-order chi connectivity index (χ0) is 14.7. The Morgan fingerprint density at radius 1 is 1.15 bits per heavy atom. The third-order valence-corrected chi connectivity index (χ3v) is 3.99. The maximum Gasteiger partial charge on any atom is 0.310 e. The number of benzene rings is 2. The summed E-state index contributed by atoms with van der Waals surface area (Å²) in [6, 6.07) is 12.7. The van der Waals surface area contributed by atoms with Gasteiger partial charge in [-0.25, -0.2) is 0 Å². The van der Waals surface area contributed by atoms with E-state index < -0.39 is 11.9 Å². The van der Waals surface area contributed by atoms with Crippen LogP contribution in [0.15, 0.2) is 51.4 Å². The summed E-state index contributed by atoms with van der Waals surface area (Å²) < 4.78 is 7.55. The molecular weight excluding hydrogens is 388 g/mol. The minimum atomic E-state index is -0.839. The number of carboxylic acids is 1. The second-order valence-corrected chi connectivity index (χ2v) is 6.08. The number of ether oxygens (including phenoxy) is 1. The SMILES string of the molecule is CC(C(=O)O)c1ccc(Oc2ccc(Br)cc2Br)cc1. The summed E-state index contributed by atoms with van der Waals surface area (Å²) >= 11 is 6.81. The monoisotopic (exact) mass is 398 g/mol. The number of carbonyl (C=O) groups is 1.